The van der Waals surface area contributed by atoms with Gasteiger partial charge in [-0.2, -0.15) is 0 Å². The molecule has 4 rings (SSSR count). The molecule has 8 heteroatoms. The Morgan fingerprint density at radius 3 is 2.53 bits per heavy atom. The maximum absolute atomic E-state index is 13.3. The van der Waals surface area contributed by atoms with E-state index in [1.807, 2.05) is 39.0 Å². The molecule has 0 radical (unpaired) electrons. The number of carbonyl (C=O) groups excluding carboxylic acids is 3. The van der Waals surface area contributed by atoms with E-state index in [-0.39, 0.29) is 19.1 Å². The van der Waals surface area contributed by atoms with E-state index >= 15 is 0 Å². The van der Waals surface area contributed by atoms with Gasteiger partial charge in [-0.25, -0.2) is 14.1 Å². The van der Waals surface area contributed by atoms with Gasteiger partial charge in [-0.3, -0.25) is 9.59 Å². The lowest BCUT2D eigenvalue weighted by atomic mass is 9.92. The first-order chi connectivity index (χ1) is 15.1. The lowest BCUT2D eigenvalue weighted by Crippen LogP contribution is -2.45. The van der Waals surface area contributed by atoms with Crippen LogP contribution in [0.2, 0.25) is 0 Å². The summed E-state index contributed by atoms with van der Waals surface area (Å²) in [7, 11) is 0. The smallest absolute Gasteiger partial charge is 0.332 e. The normalized spacial score (nSPS) is 20.2. The highest BCUT2D eigenvalue weighted by atomic mass is 19.1. The lowest BCUT2D eigenvalue weighted by Gasteiger charge is -2.30. The number of hydrogen-bond donors (Lipinski definition) is 0. The minimum atomic E-state index is -0.794. The number of aryl methyl sites for hydroxylation is 1. The summed E-state index contributed by atoms with van der Waals surface area (Å²) < 4.78 is 19.0. The molecule has 2 aromatic rings. The van der Waals surface area contributed by atoms with Crippen LogP contribution in [0.25, 0.3) is 0 Å². The Bertz CT molecular complexity index is 1050. The second-order valence-electron chi connectivity index (χ2n) is 9.12. The van der Waals surface area contributed by atoms with E-state index in [1.165, 1.54) is 29.2 Å². The van der Waals surface area contributed by atoms with Gasteiger partial charge in [0, 0.05) is 18.5 Å². The van der Waals surface area contributed by atoms with Gasteiger partial charge in [0.2, 0.25) is 0 Å². The summed E-state index contributed by atoms with van der Waals surface area (Å²) in [6.07, 6.45) is 0. The highest BCUT2D eigenvalue weighted by Crippen LogP contribution is 2.32. The van der Waals surface area contributed by atoms with E-state index in [4.69, 9.17) is 4.74 Å². The molecule has 168 valence electrons. The Morgan fingerprint density at radius 1 is 1.12 bits per heavy atom. The molecule has 1 atom stereocenters. The van der Waals surface area contributed by atoms with Gasteiger partial charge in [0.15, 0.2) is 6.61 Å². The first-order valence-corrected chi connectivity index (χ1v) is 10.5. The summed E-state index contributed by atoms with van der Waals surface area (Å²) in [5.41, 5.74) is 0.910. The molecule has 7 nitrogen and oxygen atoms in total. The van der Waals surface area contributed by atoms with E-state index in [2.05, 4.69) is 0 Å². The fraction of sp³-hybridized carbons (Fsp3) is 0.375. The molecule has 2 aromatic carbocycles. The fourth-order valence-corrected chi connectivity index (χ4v) is 4.25. The zero-order chi connectivity index (χ0) is 23.0. The third-order valence-corrected chi connectivity index (χ3v) is 5.72. The fourth-order valence-electron chi connectivity index (χ4n) is 4.25. The Hall–Kier alpha value is -3.42. The third-order valence-electron chi connectivity index (χ3n) is 5.72. The minimum Gasteiger partial charge on any atom is -0.484 e. The van der Waals surface area contributed by atoms with E-state index in [0.717, 1.165) is 10.5 Å². The van der Waals surface area contributed by atoms with Crippen LogP contribution in [-0.4, -0.2) is 59.9 Å². The van der Waals surface area contributed by atoms with Crippen LogP contribution < -0.4 is 9.64 Å². The molecule has 1 unspecified atom stereocenters. The number of nitrogens with zero attached hydrogens (tertiary/aromatic N) is 3. The van der Waals surface area contributed by atoms with Crippen molar-refractivity contribution in [2.75, 3.05) is 31.1 Å². The van der Waals surface area contributed by atoms with Crippen molar-refractivity contribution < 1.29 is 23.5 Å². The van der Waals surface area contributed by atoms with Crippen LogP contribution in [0.3, 0.4) is 0 Å². The Labute approximate surface area is 186 Å². The van der Waals surface area contributed by atoms with E-state index in [1.54, 1.807) is 11.0 Å². The predicted octanol–water partition coefficient (Wildman–Crippen LogP) is 3.22. The molecule has 0 bridgehead atoms. The largest absolute Gasteiger partial charge is 0.484 e. The number of anilines is 1. The molecule has 0 N–H and O–H groups in total. The van der Waals surface area contributed by atoms with E-state index in [0.29, 0.717) is 24.5 Å². The maximum atomic E-state index is 13.3. The zero-order valence-corrected chi connectivity index (χ0v) is 18.4. The summed E-state index contributed by atoms with van der Waals surface area (Å²) in [5.74, 6) is -0.517. The van der Waals surface area contributed by atoms with Crippen molar-refractivity contribution in [2.24, 2.45) is 5.41 Å². The summed E-state index contributed by atoms with van der Waals surface area (Å²) in [5, 5.41) is 0. The average Bonchev–Trinajstić information content (AvgIpc) is 2.87. The first kappa shape index (κ1) is 21.8. The van der Waals surface area contributed by atoms with E-state index in [9.17, 15) is 18.8 Å². The van der Waals surface area contributed by atoms with Crippen molar-refractivity contribution in [3.63, 3.8) is 0 Å². The van der Waals surface area contributed by atoms with Crippen molar-refractivity contribution in [1.29, 1.82) is 0 Å². The van der Waals surface area contributed by atoms with Crippen LogP contribution in [0.5, 0.6) is 5.75 Å². The molecule has 32 heavy (non-hydrogen) atoms. The number of carbonyl (C=O) groups is 3. The number of amides is 4. The van der Waals surface area contributed by atoms with Crippen molar-refractivity contribution in [3.05, 3.63) is 59.9 Å². The molecule has 2 heterocycles. The number of fused-ring (bicyclic) bond motifs is 1. The standard InChI is InChI=1S/C24H26FN3O4/c1-16-5-4-6-19(11-16)32-13-21(29)26-12-20-22(30)28(18-9-7-17(25)8-10-18)23(31)27(20)15-24(2,3)14-26/h4-11,20H,12-15H2,1-3H3. The molecule has 2 saturated heterocycles. The topological polar surface area (TPSA) is 70.2 Å². The molecule has 2 aliphatic heterocycles. The first-order valence-electron chi connectivity index (χ1n) is 10.5. The van der Waals surface area contributed by atoms with Gasteiger partial charge in [0.1, 0.15) is 17.6 Å². The number of hydrogen-bond acceptors (Lipinski definition) is 4. The van der Waals surface area contributed by atoms with Gasteiger partial charge < -0.3 is 14.5 Å². The number of imide groups is 1. The summed E-state index contributed by atoms with van der Waals surface area (Å²) >= 11 is 0. The Morgan fingerprint density at radius 2 is 1.84 bits per heavy atom. The second-order valence-corrected chi connectivity index (χ2v) is 9.12. The summed E-state index contributed by atoms with van der Waals surface area (Å²) in [4.78, 5) is 43.5. The lowest BCUT2D eigenvalue weighted by molar-refractivity contribution is -0.135. The highest BCUT2D eigenvalue weighted by molar-refractivity contribution is 6.21. The van der Waals surface area contributed by atoms with Crippen molar-refractivity contribution >= 4 is 23.5 Å². The predicted molar refractivity (Wildman–Crippen MR) is 117 cm³/mol. The molecule has 2 aliphatic rings. The number of ether oxygens (including phenoxy) is 1. The monoisotopic (exact) mass is 439 g/mol. The number of rotatable bonds is 4. The van der Waals surface area contributed by atoms with Crippen molar-refractivity contribution in [2.45, 2.75) is 26.8 Å². The molecule has 0 saturated carbocycles. The Kier molecular flexibility index (Phi) is 5.62. The second kappa shape index (κ2) is 8.26. The number of urea groups is 1. The van der Waals surface area contributed by atoms with Crippen LogP contribution in [0.1, 0.15) is 19.4 Å². The van der Waals surface area contributed by atoms with Gasteiger partial charge in [-0.1, -0.05) is 26.0 Å². The molecule has 0 aromatic heterocycles. The van der Waals surface area contributed by atoms with Crippen LogP contribution in [0.15, 0.2) is 48.5 Å². The van der Waals surface area contributed by atoms with Gasteiger partial charge in [-0.15, -0.1) is 0 Å². The quantitative estimate of drug-likeness (QED) is 0.686. The summed E-state index contributed by atoms with van der Waals surface area (Å²) in [6, 6.07) is 11.4. The molecular formula is C24H26FN3O4. The highest BCUT2D eigenvalue weighted by Gasteiger charge is 2.50. The molecule has 0 spiro atoms. The maximum Gasteiger partial charge on any atom is 0.332 e. The van der Waals surface area contributed by atoms with Crippen LogP contribution in [0.4, 0.5) is 14.9 Å². The van der Waals surface area contributed by atoms with Crippen LogP contribution in [0, 0.1) is 18.2 Å². The number of benzene rings is 2. The van der Waals surface area contributed by atoms with Crippen molar-refractivity contribution in [1.82, 2.24) is 9.80 Å². The van der Waals surface area contributed by atoms with Crippen LogP contribution in [-0.2, 0) is 9.59 Å². The zero-order valence-electron chi connectivity index (χ0n) is 18.4. The van der Waals surface area contributed by atoms with Crippen molar-refractivity contribution in [3.8, 4) is 5.75 Å². The van der Waals surface area contributed by atoms with Gasteiger partial charge in [0.25, 0.3) is 11.8 Å². The third kappa shape index (κ3) is 4.30. The van der Waals surface area contributed by atoms with E-state index < -0.39 is 29.2 Å². The van der Waals surface area contributed by atoms with Crippen LogP contribution >= 0.6 is 0 Å². The molecular weight excluding hydrogens is 413 g/mol. The summed E-state index contributed by atoms with van der Waals surface area (Å²) in [6.45, 7) is 6.49. The van der Waals surface area contributed by atoms with Gasteiger partial charge >= 0.3 is 6.03 Å². The molecule has 4 amide bonds. The van der Waals surface area contributed by atoms with Gasteiger partial charge in [0.05, 0.1) is 12.2 Å². The number of halogens is 1. The van der Waals surface area contributed by atoms with Gasteiger partial charge in [-0.05, 0) is 48.9 Å². The average molecular weight is 439 g/mol. The molecule has 0 aliphatic carbocycles. The molecule has 2 fully saturated rings. The minimum absolute atomic E-state index is 0.0850. The Balaban J connectivity index is 1.53. The SMILES string of the molecule is Cc1cccc(OCC(=O)N2CC3C(=O)N(c4ccc(F)cc4)C(=O)N3CC(C)(C)C2)c1.